The molecule has 2 heterocycles. The summed E-state index contributed by atoms with van der Waals surface area (Å²) in [5.74, 6) is -0.762. The van der Waals surface area contributed by atoms with E-state index in [1.807, 2.05) is 0 Å². The average molecular weight is 683 g/mol. The molecule has 2 fully saturated rings. The second-order valence-corrected chi connectivity index (χ2v) is 13.0. The zero-order valence-electron chi connectivity index (χ0n) is 31.8. The molecule has 0 spiro atoms. The van der Waals surface area contributed by atoms with Crippen LogP contribution >= 0.6 is 0 Å². The Kier molecular flexibility index (Phi) is 36.5. The van der Waals surface area contributed by atoms with Crippen LogP contribution in [0.4, 0.5) is 0 Å². The van der Waals surface area contributed by atoms with Gasteiger partial charge in [0.05, 0.1) is 31.5 Å². The Bertz CT molecular complexity index is 885. The molecule has 0 bridgehead atoms. The van der Waals surface area contributed by atoms with Gasteiger partial charge in [-0.05, 0) is 116 Å². The van der Waals surface area contributed by atoms with E-state index in [0.717, 1.165) is 70.6 Å². The molecule has 0 saturated carbocycles. The Labute approximate surface area is 312 Å². The standard InChI is InChI=1S/C21H36O3.C20H34O3.Li.H2O/c1-3-19-20(24-19)17-15-13-11-9-7-5-4-6-8-10-12-14-16-18-21(22)23-2;1-2-18-19(23-18)16-14-12-10-8-6-4-3-5-7-9-11-13-15-17-20(21)22;;/h4,6,13,15,19-20H,3,5,7-12,14,16-18H2,1-2H3;3,5,12,14,18-19H,2,4,6-11,13,15-17H2,1H3,(H,21,22);;1H2/q;;+1;/p-1/b6-4-,15-13-;5-3-,14-12-;;. The fourth-order valence-electron chi connectivity index (χ4n) is 5.59. The van der Waals surface area contributed by atoms with Crippen molar-refractivity contribution in [3.05, 3.63) is 48.6 Å². The van der Waals surface area contributed by atoms with Crippen LogP contribution in [0.3, 0.4) is 0 Å². The van der Waals surface area contributed by atoms with Gasteiger partial charge in [0.25, 0.3) is 0 Å². The van der Waals surface area contributed by atoms with Gasteiger partial charge in [-0.25, -0.2) is 0 Å². The van der Waals surface area contributed by atoms with Crippen molar-refractivity contribution < 1.29 is 53.2 Å². The topological polar surface area (TPSA) is 119 Å². The molecule has 2 aliphatic heterocycles. The van der Waals surface area contributed by atoms with Crippen molar-refractivity contribution in [3.8, 4) is 0 Å². The third-order valence-corrected chi connectivity index (χ3v) is 8.81. The molecule has 2 saturated heterocycles. The Hall–Kier alpha value is -1.62. The van der Waals surface area contributed by atoms with E-state index in [4.69, 9.17) is 14.6 Å². The van der Waals surface area contributed by atoms with Gasteiger partial charge in [0.2, 0.25) is 0 Å². The molecule has 49 heavy (non-hydrogen) atoms. The van der Waals surface area contributed by atoms with Crippen molar-refractivity contribution in [3.63, 3.8) is 0 Å². The van der Waals surface area contributed by atoms with Crippen molar-refractivity contribution in [2.24, 2.45) is 0 Å². The van der Waals surface area contributed by atoms with E-state index in [-0.39, 0.29) is 30.3 Å². The van der Waals surface area contributed by atoms with E-state index in [9.17, 15) is 9.59 Å². The minimum Gasteiger partial charge on any atom is -0.870 e. The predicted molar refractivity (Wildman–Crippen MR) is 198 cm³/mol. The molecule has 4 atom stereocenters. The molecule has 2 aliphatic rings. The van der Waals surface area contributed by atoms with Gasteiger partial charge in [-0.15, -0.1) is 0 Å². The van der Waals surface area contributed by atoms with Gasteiger partial charge in [-0.3, -0.25) is 9.59 Å². The van der Waals surface area contributed by atoms with Crippen LogP contribution in [0.1, 0.15) is 168 Å². The molecule has 4 unspecified atom stereocenters. The fourth-order valence-corrected chi connectivity index (χ4v) is 5.59. The number of allylic oxidation sites excluding steroid dienone is 6. The molecule has 8 heteroatoms. The molecule has 7 nitrogen and oxygen atoms in total. The number of carbonyl (C=O) groups is 2. The number of carbonyl (C=O) groups excluding carboxylic acids is 1. The number of rotatable bonds is 30. The molecular formula is C41H71LiO7. The van der Waals surface area contributed by atoms with Crippen molar-refractivity contribution in [1.29, 1.82) is 0 Å². The van der Waals surface area contributed by atoms with Gasteiger partial charge in [-0.2, -0.15) is 0 Å². The van der Waals surface area contributed by atoms with E-state index in [1.54, 1.807) is 0 Å². The number of hydrogen-bond donors (Lipinski definition) is 1. The summed E-state index contributed by atoms with van der Waals surface area (Å²) in [6.07, 6.45) is 46.6. The molecular weight excluding hydrogens is 611 g/mol. The van der Waals surface area contributed by atoms with E-state index in [1.165, 1.54) is 77.7 Å². The van der Waals surface area contributed by atoms with Crippen molar-refractivity contribution >= 4 is 11.9 Å². The van der Waals surface area contributed by atoms with Gasteiger partial charge in [0.15, 0.2) is 0 Å². The van der Waals surface area contributed by atoms with Crippen LogP contribution in [0, 0.1) is 0 Å². The summed E-state index contributed by atoms with van der Waals surface area (Å²) in [6, 6.07) is 0. The Balaban J connectivity index is 0. The van der Waals surface area contributed by atoms with Crippen LogP contribution in [0.25, 0.3) is 0 Å². The van der Waals surface area contributed by atoms with Crippen molar-refractivity contribution in [2.75, 3.05) is 7.11 Å². The van der Waals surface area contributed by atoms with Gasteiger partial charge in [-0.1, -0.05) is 88.1 Å². The predicted octanol–water partition coefficient (Wildman–Crippen LogP) is 8.22. The van der Waals surface area contributed by atoms with E-state index >= 15 is 0 Å². The second-order valence-electron chi connectivity index (χ2n) is 13.0. The zero-order chi connectivity index (χ0) is 34.2. The number of methoxy groups -OCH3 is 1. The van der Waals surface area contributed by atoms with Gasteiger partial charge in [0.1, 0.15) is 0 Å². The smallest absolute Gasteiger partial charge is 0.870 e. The zero-order valence-corrected chi connectivity index (χ0v) is 31.8. The third-order valence-electron chi connectivity index (χ3n) is 8.81. The second kappa shape index (κ2) is 36.2. The van der Waals surface area contributed by atoms with Crippen LogP contribution in [-0.4, -0.2) is 54.0 Å². The Morgan fingerprint density at radius 2 is 0.857 bits per heavy atom. The molecule has 2 rings (SSSR count). The van der Waals surface area contributed by atoms with E-state index < -0.39 is 5.97 Å². The molecule has 0 aromatic carbocycles. The first-order valence-corrected chi connectivity index (χ1v) is 19.2. The van der Waals surface area contributed by atoms with Crippen molar-refractivity contribution in [2.45, 2.75) is 192 Å². The average Bonchev–Trinajstić information content (AvgIpc) is 4.00. The van der Waals surface area contributed by atoms with Crippen LogP contribution < -0.4 is 18.9 Å². The molecule has 0 amide bonds. The maximum atomic E-state index is 10.9. The van der Waals surface area contributed by atoms with Crippen LogP contribution in [0.5, 0.6) is 0 Å². The summed E-state index contributed by atoms with van der Waals surface area (Å²) in [5.41, 5.74) is 0. The minimum atomic E-state index is -0.675. The Morgan fingerprint density at radius 3 is 1.18 bits per heavy atom. The summed E-state index contributed by atoms with van der Waals surface area (Å²) in [6.45, 7) is 4.37. The van der Waals surface area contributed by atoms with E-state index in [2.05, 4.69) is 67.2 Å². The van der Waals surface area contributed by atoms with Crippen LogP contribution in [-0.2, 0) is 23.8 Å². The Morgan fingerprint density at radius 1 is 0.531 bits per heavy atom. The number of ether oxygens (including phenoxy) is 3. The first-order chi connectivity index (χ1) is 23.0. The molecule has 0 aromatic heterocycles. The van der Waals surface area contributed by atoms with Gasteiger partial charge >= 0.3 is 30.8 Å². The number of esters is 1. The first kappa shape index (κ1) is 49.5. The molecule has 0 radical (unpaired) electrons. The summed E-state index contributed by atoms with van der Waals surface area (Å²) < 4.78 is 15.6. The summed E-state index contributed by atoms with van der Waals surface area (Å²) in [4.78, 5) is 21.3. The summed E-state index contributed by atoms with van der Waals surface area (Å²) >= 11 is 0. The number of epoxide rings is 2. The number of aliphatic carboxylic acids is 1. The third kappa shape index (κ3) is 33.3. The maximum absolute atomic E-state index is 10.9. The number of carboxylic acid groups (broad SMARTS) is 1. The SMILES string of the molecule is CCC1OC1C/C=C\CCCC/C=C\CCCCCCC(=O)O.CCC1OC1C/C=C\CCCC/C=C\CCCCCCC(=O)OC.[Li+].[OH-]. The number of carboxylic acids is 1. The molecule has 0 aliphatic carbocycles. The van der Waals surface area contributed by atoms with Gasteiger partial charge < -0.3 is 24.8 Å². The fraction of sp³-hybridized carbons (Fsp3) is 0.756. The quantitative estimate of drug-likeness (QED) is 0.0267. The monoisotopic (exact) mass is 683 g/mol. The van der Waals surface area contributed by atoms with Crippen LogP contribution in [0.2, 0.25) is 0 Å². The first-order valence-electron chi connectivity index (χ1n) is 19.2. The molecule has 0 aromatic rings. The van der Waals surface area contributed by atoms with Crippen LogP contribution in [0.15, 0.2) is 48.6 Å². The summed E-state index contributed by atoms with van der Waals surface area (Å²) in [5, 5.41) is 8.53. The van der Waals surface area contributed by atoms with E-state index in [0.29, 0.717) is 37.3 Å². The molecule has 278 valence electrons. The van der Waals surface area contributed by atoms with Crippen molar-refractivity contribution in [1.82, 2.24) is 0 Å². The van der Waals surface area contributed by atoms with Gasteiger partial charge in [0, 0.05) is 12.8 Å². The normalized spacial score (nSPS) is 19.5. The number of hydrogen-bond acceptors (Lipinski definition) is 6. The minimum absolute atomic E-state index is 0. The summed E-state index contributed by atoms with van der Waals surface area (Å²) in [7, 11) is 1.45. The largest absolute Gasteiger partial charge is 1.00 e. The maximum Gasteiger partial charge on any atom is 1.00 e. The number of unbranched alkanes of at least 4 members (excludes halogenated alkanes) is 14. The molecule has 2 N–H and O–H groups in total.